The molecule has 0 bridgehead atoms. The Bertz CT molecular complexity index is 268. The van der Waals surface area contributed by atoms with E-state index in [4.69, 9.17) is 0 Å². The van der Waals surface area contributed by atoms with Crippen LogP contribution in [-0.2, 0) is 5.75 Å². The second-order valence-electron chi connectivity index (χ2n) is 2.38. The molecular formula is C7H9N3S2. The van der Waals surface area contributed by atoms with E-state index in [1.807, 2.05) is 5.51 Å². The summed E-state index contributed by atoms with van der Waals surface area (Å²) in [5, 5.41) is 6.34. The van der Waals surface area contributed by atoms with Gasteiger partial charge in [0.1, 0.15) is 0 Å². The van der Waals surface area contributed by atoms with Crippen LogP contribution in [0, 0.1) is 0 Å². The van der Waals surface area contributed by atoms with E-state index in [-0.39, 0.29) is 0 Å². The van der Waals surface area contributed by atoms with Gasteiger partial charge in [-0.3, -0.25) is 4.99 Å². The molecule has 0 spiro atoms. The highest BCUT2D eigenvalue weighted by molar-refractivity contribution is 8.13. The molecule has 2 rings (SSSR count). The Morgan fingerprint density at radius 2 is 2.67 bits per heavy atom. The van der Waals surface area contributed by atoms with Crippen LogP contribution in [0.3, 0.4) is 0 Å². The molecule has 0 saturated carbocycles. The van der Waals surface area contributed by atoms with Gasteiger partial charge in [0.25, 0.3) is 0 Å². The molecule has 0 amide bonds. The van der Waals surface area contributed by atoms with Gasteiger partial charge in [0.05, 0.1) is 17.7 Å². The number of hydrogen-bond acceptors (Lipinski definition) is 5. The van der Waals surface area contributed by atoms with E-state index in [2.05, 4.69) is 20.7 Å². The average molecular weight is 199 g/mol. The lowest BCUT2D eigenvalue weighted by molar-refractivity contribution is 0.963. The summed E-state index contributed by atoms with van der Waals surface area (Å²) < 4.78 is 0. The van der Waals surface area contributed by atoms with Crippen molar-refractivity contribution in [1.82, 2.24) is 10.3 Å². The van der Waals surface area contributed by atoms with Crippen LogP contribution in [0.25, 0.3) is 0 Å². The zero-order chi connectivity index (χ0) is 8.23. The van der Waals surface area contributed by atoms with Gasteiger partial charge in [0.15, 0.2) is 5.17 Å². The molecule has 0 aromatic carbocycles. The van der Waals surface area contributed by atoms with Crippen LogP contribution in [0.15, 0.2) is 15.9 Å². The minimum Gasteiger partial charge on any atom is -0.363 e. The van der Waals surface area contributed by atoms with Crippen molar-refractivity contribution in [2.75, 3.05) is 13.1 Å². The number of nitrogens with one attached hydrogen (secondary N) is 1. The molecule has 1 aliphatic heterocycles. The molecule has 1 N–H and O–H groups in total. The van der Waals surface area contributed by atoms with Gasteiger partial charge in [0.2, 0.25) is 0 Å². The fraction of sp³-hybridized carbons (Fsp3) is 0.429. The molecule has 2 heterocycles. The molecule has 64 valence electrons. The van der Waals surface area contributed by atoms with Gasteiger partial charge in [-0.15, -0.1) is 11.3 Å². The first kappa shape index (κ1) is 8.07. The van der Waals surface area contributed by atoms with Crippen LogP contribution in [0.5, 0.6) is 0 Å². The number of nitrogens with zero attached hydrogens (tertiary/aromatic N) is 2. The predicted octanol–water partition coefficient (Wildman–Crippen LogP) is 1.34. The normalized spacial score (nSPS) is 15.8. The number of thiazole rings is 1. The first-order chi connectivity index (χ1) is 5.95. The highest BCUT2D eigenvalue weighted by Gasteiger charge is 2.05. The molecular weight excluding hydrogens is 190 g/mol. The summed E-state index contributed by atoms with van der Waals surface area (Å²) in [7, 11) is 0. The molecule has 1 aromatic heterocycles. The zero-order valence-corrected chi connectivity index (χ0v) is 8.12. The third-order valence-electron chi connectivity index (χ3n) is 1.48. The Balaban J connectivity index is 1.82. The van der Waals surface area contributed by atoms with E-state index in [1.165, 1.54) is 0 Å². The number of aliphatic imine (C=N–C) groups is 1. The van der Waals surface area contributed by atoms with Crippen LogP contribution < -0.4 is 5.32 Å². The van der Waals surface area contributed by atoms with E-state index in [9.17, 15) is 0 Å². The summed E-state index contributed by atoms with van der Waals surface area (Å²) in [6.45, 7) is 1.90. The molecule has 0 aliphatic carbocycles. The van der Waals surface area contributed by atoms with Crippen LogP contribution in [-0.4, -0.2) is 23.2 Å². The van der Waals surface area contributed by atoms with E-state index >= 15 is 0 Å². The lowest BCUT2D eigenvalue weighted by atomic mass is 10.6. The molecule has 0 unspecified atom stereocenters. The second-order valence-corrected chi connectivity index (χ2v) is 4.06. The maximum atomic E-state index is 4.28. The summed E-state index contributed by atoms with van der Waals surface area (Å²) in [6, 6.07) is 0. The van der Waals surface area contributed by atoms with Crippen molar-refractivity contribution in [2.24, 2.45) is 4.99 Å². The van der Waals surface area contributed by atoms with Crippen molar-refractivity contribution in [2.45, 2.75) is 5.75 Å². The first-order valence-corrected chi connectivity index (χ1v) is 5.66. The predicted molar refractivity (Wildman–Crippen MR) is 53.7 cm³/mol. The van der Waals surface area contributed by atoms with Gasteiger partial charge < -0.3 is 5.32 Å². The summed E-state index contributed by atoms with van der Waals surface area (Å²) in [6.07, 6.45) is 0. The summed E-state index contributed by atoms with van der Waals surface area (Å²) in [4.78, 5) is 8.47. The minimum atomic E-state index is 0.916. The Morgan fingerprint density at radius 1 is 1.67 bits per heavy atom. The standard InChI is InChI=1S/C7H9N3S2/c1-2-9-7(8-1)12-4-6-3-11-5-10-6/h3,5H,1-2,4H2,(H,8,9). The van der Waals surface area contributed by atoms with Crippen LogP contribution in [0.4, 0.5) is 0 Å². The van der Waals surface area contributed by atoms with Gasteiger partial charge in [-0.1, -0.05) is 11.8 Å². The van der Waals surface area contributed by atoms with E-state index in [0.717, 1.165) is 29.7 Å². The van der Waals surface area contributed by atoms with Gasteiger partial charge in [0, 0.05) is 17.7 Å². The molecule has 12 heavy (non-hydrogen) atoms. The fourth-order valence-electron chi connectivity index (χ4n) is 0.924. The lowest BCUT2D eigenvalue weighted by Crippen LogP contribution is -2.14. The molecule has 3 nitrogen and oxygen atoms in total. The first-order valence-electron chi connectivity index (χ1n) is 3.73. The molecule has 0 saturated heterocycles. The topological polar surface area (TPSA) is 37.3 Å². The Kier molecular flexibility index (Phi) is 2.63. The highest BCUT2D eigenvalue weighted by atomic mass is 32.2. The molecule has 0 atom stereocenters. The number of aromatic nitrogens is 1. The smallest absolute Gasteiger partial charge is 0.157 e. The minimum absolute atomic E-state index is 0.916. The van der Waals surface area contributed by atoms with E-state index in [0.29, 0.717) is 0 Å². The largest absolute Gasteiger partial charge is 0.363 e. The van der Waals surface area contributed by atoms with Gasteiger partial charge in [-0.2, -0.15) is 0 Å². The number of hydrogen-bond donors (Lipinski definition) is 1. The van der Waals surface area contributed by atoms with E-state index in [1.54, 1.807) is 23.1 Å². The molecule has 1 aliphatic rings. The SMILES string of the molecule is c1nc(CSC2=NCCN2)cs1. The summed E-state index contributed by atoms with van der Waals surface area (Å²) >= 11 is 3.36. The van der Waals surface area contributed by atoms with E-state index < -0.39 is 0 Å². The zero-order valence-electron chi connectivity index (χ0n) is 6.49. The van der Waals surface area contributed by atoms with Crippen molar-refractivity contribution >= 4 is 28.3 Å². The van der Waals surface area contributed by atoms with Crippen molar-refractivity contribution < 1.29 is 0 Å². The monoisotopic (exact) mass is 199 g/mol. The Hall–Kier alpha value is -0.550. The van der Waals surface area contributed by atoms with Gasteiger partial charge >= 0.3 is 0 Å². The number of rotatable bonds is 2. The third kappa shape index (κ3) is 1.98. The van der Waals surface area contributed by atoms with Gasteiger partial charge in [-0.05, 0) is 0 Å². The van der Waals surface area contributed by atoms with Crippen LogP contribution >= 0.6 is 23.1 Å². The van der Waals surface area contributed by atoms with Crippen LogP contribution in [0.1, 0.15) is 5.69 Å². The molecule has 0 radical (unpaired) electrons. The molecule has 0 fully saturated rings. The van der Waals surface area contributed by atoms with Crippen molar-refractivity contribution in [1.29, 1.82) is 0 Å². The number of thioether (sulfide) groups is 1. The van der Waals surface area contributed by atoms with Crippen molar-refractivity contribution in [3.63, 3.8) is 0 Å². The fourth-order valence-corrected chi connectivity index (χ4v) is 2.42. The Morgan fingerprint density at radius 3 is 3.33 bits per heavy atom. The maximum absolute atomic E-state index is 4.28. The average Bonchev–Trinajstić information content (AvgIpc) is 2.74. The molecule has 5 heteroatoms. The second kappa shape index (κ2) is 3.91. The van der Waals surface area contributed by atoms with Gasteiger partial charge in [-0.25, -0.2) is 4.98 Å². The Labute approximate surface area is 79.3 Å². The quantitative estimate of drug-likeness (QED) is 0.781. The van der Waals surface area contributed by atoms with Crippen molar-refractivity contribution in [3.05, 3.63) is 16.6 Å². The lowest BCUT2D eigenvalue weighted by Gasteiger charge is -1.98. The molecule has 1 aromatic rings. The summed E-state index contributed by atoms with van der Waals surface area (Å²) in [5.74, 6) is 0.926. The highest BCUT2D eigenvalue weighted by Crippen LogP contribution is 2.13. The van der Waals surface area contributed by atoms with Crippen molar-refractivity contribution in [3.8, 4) is 0 Å². The number of amidine groups is 1. The maximum Gasteiger partial charge on any atom is 0.157 e. The van der Waals surface area contributed by atoms with Crippen LogP contribution in [0.2, 0.25) is 0 Å². The third-order valence-corrected chi connectivity index (χ3v) is 3.11. The summed E-state index contributed by atoms with van der Waals surface area (Å²) in [5.41, 5.74) is 3.00.